The highest BCUT2D eigenvalue weighted by Gasteiger charge is 2.28. The molecular weight excluding hydrogens is 420 g/mol. The molecule has 162 valence electrons. The number of methoxy groups -OCH3 is 1. The van der Waals surface area contributed by atoms with Gasteiger partial charge in [0.2, 0.25) is 0 Å². The van der Waals surface area contributed by atoms with Gasteiger partial charge in [0.05, 0.1) is 33.6 Å². The van der Waals surface area contributed by atoms with Crippen LogP contribution in [0.2, 0.25) is 0 Å². The Balaban J connectivity index is 1.30. The standard InChI is InChI=1S/C25H24N4O2S/c1-31-21-10-4-2-8-19(21)27-23-18(7-6-14-26-23)25(30)29-15-12-17(13-16-29)24-28-20-9-3-5-11-22(20)32-24/h2-11,14,17H,12-13,15-16H2,1H3,(H,26,27). The van der Waals surface area contributed by atoms with Gasteiger partial charge in [0, 0.05) is 25.2 Å². The van der Waals surface area contributed by atoms with Gasteiger partial charge in [-0.1, -0.05) is 24.3 Å². The molecule has 1 amide bonds. The van der Waals surface area contributed by atoms with Gasteiger partial charge < -0.3 is 15.0 Å². The number of nitrogens with one attached hydrogen (secondary N) is 1. The van der Waals surface area contributed by atoms with E-state index >= 15 is 0 Å². The summed E-state index contributed by atoms with van der Waals surface area (Å²) in [5.74, 6) is 1.64. The van der Waals surface area contributed by atoms with E-state index in [2.05, 4.69) is 28.5 Å². The summed E-state index contributed by atoms with van der Waals surface area (Å²) in [6, 6.07) is 19.5. The number of hydrogen-bond donors (Lipinski definition) is 1. The van der Waals surface area contributed by atoms with E-state index in [0.717, 1.165) is 24.0 Å². The van der Waals surface area contributed by atoms with Crippen LogP contribution in [0.3, 0.4) is 0 Å². The zero-order valence-electron chi connectivity index (χ0n) is 17.8. The number of benzene rings is 2. The Bertz CT molecular complexity index is 1210. The van der Waals surface area contributed by atoms with Gasteiger partial charge in [-0.2, -0.15) is 0 Å². The summed E-state index contributed by atoms with van der Waals surface area (Å²) in [4.78, 5) is 24.5. The lowest BCUT2D eigenvalue weighted by Crippen LogP contribution is -2.38. The molecule has 0 saturated carbocycles. The van der Waals surface area contributed by atoms with Crippen LogP contribution < -0.4 is 10.1 Å². The van der Waals surface area contributed by atoms with E-state index in [1.165, 1.54) is 9.71 Å². The van der Waals surface area contributed by atoms with Gasteiger partial charge in [-0.15, -0.1) is 11.3 Å². The molecule has 1 fully saturated rings. The Morgan fingerprint density at radius 2 is 1.84 bits per heavy atom. The average Bonchev–Trinajstić information content (AvgIpc) is 3.29. The average molecular weight is 445 g/mol. The van der Waals surface area contributed by atoms with E-state index in [1.807, 2.05) is 41.3 Å². The molecule has 5 rings (SSSR count). The number of hydrogen-bond acceptors (Lipinski definition) is 6. The van der Waals surface area contributed by atoms with Gasteiger partial charge in [-0.05, 0) is 49.2 Å². The van der Waals surface area contributed by atoms with Gasteiger partial charge in [0.25, 0.3) is 5.91 Å². The number of piperidine rings is 1. The van der Waals surface area contributed by atoms with E-state index in [1.54, 1.807) is 30.7 Å². The molecule has 0 spiro atoms. The first-order valence-corrected chi connectivity index (χ1v) is 11.5. The van der Waals surface area contributed by atoms with E-state index in [0.29, 0.717) is 36.1 Å². The Kier molecular flexibility index (Phi) is 5.73. The zero-order valence-corrected chi connectivity index (χ0v) is 18.6. The molecule has 1 aliphatic rings. The first-order valence-electron chi connectivity index (χ1n) is 10.7. The van der Waals surface area contributed by atoms with E-state index in [-0.39, 0.29) is 5.91 Å². The summed E-state index contributed by atoms with van der Waals surface area (Å²) in [6.07, 6.45) is 3.52. The van der Waals surface area contributed by atoms with Crippen molar-refractivity contribution in [3.63, 3.8) is 0 Å². The Morgan fingerprint density at radius 3 is 2.66 bits per heavy atom. The quantitative estimate of drug-likeness (QED) is 0.443. The molecule has 2 aromatic carbocycles. The van der Waals surface area contributed by atoms with Crippen LogP contribution in [0.15, 0.2) is 66.9 Å². The Hall–Kier alpha value is -3.45. The molecule has 1 aliphatic heterocycles. The number of aromatic nitrogens is 2. The third kappa shape index (κ3) is 4.03. The number of likely N-dealkylation sites (tertiary alicyclic amines) is 1. The molecule has 1 saturated heterocycles. The number of carbonyl (C=O) groups is 1. The van der Waals surface area contributed by atoms with Gasteiger partial charge in [0.1, 0.15) is 11.6 Å². The summed E-state index contributed by atoms with van der Waals surface area (Å²) in [6.45, 7) is 1.42. The number of para-hydroxylation sites is 3. The lowest BCUT2D eigenvalue weighted by molar-refractivity contribution is 0.0713. The zero-order chi connectivity index (χ0) is 21.9. The molecule has 6 nitrogen and oxygen atoms in total. The maximum Gasteiger partial charge on any atom is 0.257 e. The monoisotopic (exact) mass is 444 g/mol. The fourth-order valence-electron chi connectivity index (χ4n) is 4.12. The number of ether oxygens (including phenoxy) is 1. The molecule has 0 radical (unpaired) electrons. The maximum absolute atomic E-state index is 13.4. The predicted molar refractivity (Wildman–Crippen MR) is 128 cm³/mol. The molecule has 0 unspecified atom stereocenters. The number of anilines is 2. The number of thiazole rings is 1. The minimum atomic E-state index is -0.00162. The van der Waals surface area contributed by atoms with Crippen LogP contribution in [0.5, 0.6) is 5.75 Å². The van der Waals surface area contributed by atoms with Crippen molar-refractivity contribution < 1.29 is 9.53 Å². The fraction of sp³-hybridized carbons (Fsp3) is 0.240. The lowest BCUT2D eigenvalue weighted by Gasteiger charge is -2.31. The van der Waals surface area contributed by atoms with Gasteiger partial charge >= 0.3 is 0 Å². The van der Waals surface area contributed by atoms with E-state index in [9.17, 15) is 4.79 Å². The lowest BCUT2D eigenvalue weighted by atomic mass is 9.97. The number of fused-ring (bicyclic) bond motifs is 1. The molecule has 4 aromatic rings. The van der Waals surface area contributed by atoms with Crippen LogP contribution in [-0.2, 0) is 0 Å². The van der Waals surface area contributed by atoms with Crippen LogP contribution in [0.1, 0.15) is 34.1 Å². The summed E-state index contributed by atoms with van der Waals surface area (Å²) < 4.78 is 6.64. The van der Waals surface area contributed by atoms with Crippen molar-refractivity contribution in [1.82, 2.24) is 14.9 Å². The largest absolute Gasteiger partial charge is 0.495 e. The van der Waals surface area contributed by atoms with Crippen LogP contribution >= 0.6 is 11.3 Å². The number of rotatable bonds is 5. The highest BCUT2D eigenvalue weighted by molar-refractivity contribution is 7.18. The topological polar surface area (TPSA) is 67.3 Å². The van der Waals surface area contributed by atoms with Gasteiger partial charge in [-0.25, -0.2) is 9.97 Å². The highest BCUT2D eigenvalue weighted by atomic mass is 32.1. The van der Waals surface area contributed by atoms with Crippen LogP contribution in [0.25, 0.3) is 10.2 Å². The second-order valence-corrected chi connectivity index (χ2v) is 8.87. The molecule has 1 N–H and O–H groups in total. The van der Waals surface area contributed by atoms with Crippen molar-refractivity contribution >= 4 is 39.0 Å². The fourth-order valence-corrected chi connectivity index (χ4v) is 5.25. The molecule has 0 bridgehead atoms. The maximum atomic E-state index is 13.4. The smallest absolute Gasteiger partial charge is 0.257 e. The van der Waals surface area contributed by atoms with Crippen molar-refractivity contribution in [2.75, 3.05) is 25.5 Å². The third-order valence-corrected chi connectivity index (χ3v) is 7.04. The molecule has 0 atom stereocenters. The molecule has 3 heterocycles. The molecule has 32 heavy (non-hydrogen) atoms. The Labute approximate surface area is 190 Å². The third-order valence-electron chi connectivity index (χ3n) is 5.84. The first kappa shape index (κ1) is 20.5. The Morgan fingerprint density at radius 1 is 1.06 bits per heavy atom. The van der Waals surface area contributed by atoms with Crippen LogP contribution in [-0.4, -0.2) is 41.0 Å². The van der Waals surface area contributed by atoms with Crippen molar-refractivity contribution in [3.05, 3.63) is 77.4 Å². The second-order valence-electron chi connectivity index (χ2n) is 7.81. The van der Waals surface area contributed by atoms with Crippen molar-refractivity contribution in [3.8, 4) is 5.75 Å². The number of carbonyl (C=O) groups excluding carboxylic acids is 1. The minimum Gasteiger partial charge on any atom is -0.495 e. The highest BCUT2D eigenvalue weighted by Crippen LogP contribution is 2.34. The molecule has 0 aliphatic carbocycles. The van der Waals surface area contributed by atoms with Crippen molar-refractivity contribution in [2.45, 2.75) is 18.8 Å². The summed E-state index contributed by atoms with van der Waals surface area (Å²) >= 11 is 1.77. The summed E-state index contributed by atoms with van der Waals surface area (Å²) in [7, 11) is 1.63. The van der Waals surface area contributed by atoms with Crippen molar-refractivity contribution in [1.29, 1.82) is 0 Å². The number of amides is 1. The second kappa shape index (κ2) is 8.96. The first-order chi connectivity index (χ1) is 15.7. The normalized spacial score (nSPS) is 14.5. The SMILES string of the molecule is COc1ccccc1Nc1ncccc1C(=O)N1CCC(c2nc3ccccc3s2)CC1. The van der Waals surface area contributed by atoms with Crippen LogP contribution in [0.4, 0.5) is 11.5 Å². The summed E-state index contributed by atoms with van der Waals surface area (Å²) in [5, 5.41) is 4.45. The van der Waals surface area contributed by atoms with Gasteiger partial charge in [-0.3, -0.25) is 4.79 Å². The van der Waals surface area contributed by atoms with Crippen LogP contribution in [0, 0.1) is 0 Å². The van der Waals surface area contributed by atoms with Crippen molar-refractivity contribution in [2.24, 2.45) is 0 Å². The number of nitrogens with zero attached hydrogens (tertiary/aromatic N) is 3. The molecular formula is C25H24N4O2S. The minimum absolute atomic E-state index is 0.00162. The van der Waals surface area contributed by atoms with E-state index in [4.69, 9.17) is 9.72 Å². The molecule has 7 heteroatoms. The van der Waals surface area contributed by atoms with Gasteiger partial charge in [0.15, 0.2) is 0 Å². The molecule has 2 aromatic heterocycles. The predicted octanol–water partition coefficient (Wildman–Crippen LogP) is 5.46. The van der Waals surface area contributed by atoms with E-state index < -0.39 is 0 Å². The number of pyridine rings is 1. The summed E-state index contributed by atoms with van der Waals surface area (Å²) in [5.41, 5.74) is 2.41.